The smallest absolute Gasteiger partial charge is 0.131 e. The summed E-state index contributed by atoms with van der Waals surface area (Å²) in [4.78, 5) is 2.13. The lowest BCUT2D eigenvalue weighted by molar-refractivity contribution is 0.138. The molecule has 5 heteroatoms. The Balaban J connectivity index is 1.92. The Kier molecular flexibility index (Phi) is 7.06. The molecule has 0 saturated heterocycles. The van der Waals surface area contributed by atoms with Crippen molar-refractivity contribution in [3.8, 4) is 5.75 Å². The van der Waals surface area contributed by atoms with Crippen LogP contribution < -0.4 is 15.4 Å². The number of hydrogen-bond donors (Lipinski definition) is 3. The highest BCUT2D eigenvalue weighted by Crippen LogP contribution is 2.22. The second-order valence-electron chi connectivity index (χ2n) is 5.99. The molecule has 0 aliphatic heterocycles. The number of nitrogens with one attached hydrogen (secondary N) is 2. The van der Waals surface area contributed by atoms with Crippen LogP contribution in [-0.2, 0) is 0 Å². The average molecular weight is 329 g/mol. The highest BCUT2D eigenvalue weighted by molar-refractivity contribution is 5.61. The van der Waals surface area contributed by atoms with E-state index in [-0.39, 0.29) is 0 Å². The first-order valence-corrected chi connectivity index (χ1v) is 8.15. The van der Waals surface area contributed by atoms with E-state index >= 15 is 0 Å². The van der Waals surface area contributed by atoms with Crippen molar-refractivity contribution in [2.45, 2.75) is 12.6 Å². The molecule has 2 rings (SSSR count). The number of nitrogens with zero attached hydrogens (tertiary/aromatic N) is 1. The predicted molar refractivity (Wildman–Crippen MR) is 98.9 cm³/mol. The largest absolute Gasteiger partial charge is 0.497 e. The third-order valence-corrected chi connectivity index (χ3v) is 3.70. The monoisotopic (exact) mass is 329 g/mol. The summed E-state index contributed by atoms with van der Waals surface area (Å²) in [5.74, 6) is 0.826. The van der Waals surface area contributed by atoms with Gasteiger partial charge in [0.05, 0.1) is 7.11 Å². The Hall–Kier alpha value is -2.08. The quantitative estimate of drug-likeness (QED) is 0.488. The van der Waals surface area contributed by atoms with Gasteiger partial charge in [0.25, 0.3) is 0 Å². The fourth-order valence-corrected chi connectivity index (χ4v) is 2.38. The Morgan fingerprint density at radius 1 is 1.08 bits per heavy atom. The molecule has 130 valence electrons. The van der Waals surface area contributed by atoms with Crippen LogP contribution in [-0.4, -0.2) is 44.3 Å². The summed E-state index contributed by atoms with van der Waals surface area (Å²) in [6.07, 6.45) is 0.332. The van der Waals surface area contributed by atoms with Crippen molar-refractivity contribution in [1.82, 2.24) is 10.2 Å². The van der Waals surface area contributed by atoms with Crippen molar-refractivity contribution in [2.75, 3.05) is 39.6 Å². The molecule has 0 aromatic heterocycles. The van der Waals surface area contributed by atoms with Gasteiger partial charge in [-0.1, -0.05) is 12.1 Å². The predicted octanol–water partition coefficient (Wildman–Crippen LogP) is 2.97. The van der Waals surface area contributed by atoms with Gasteiger partial charge in [-0.05, 0) is 75.6 Å². The molecule has 24 heavy (non-hydrogen) atoms. The number of methoxy groups -OCH3 is 1. The molecule has 0 fully saturated rings. The minimum absolute atomic E-state index is 0.662. The molecular formula is C19H27N3O2. The Labute approximate surface area is 144 Å². The number of benzene rings is 2. The highest BCUT2D eigenvalue weighted by Gasteiger charge is 2.07. The maximum absolute atomic E-state index is 10.3. The number of rotatable bonds is 9. The minimum atomic E-state index is -0.662. The van der Waals surface area contributed by atoms with Gasteiger partial charge in [0.1, 0.15) is 12.0 Å². The first-order valence-electron chi connectivity index (χ1n) is 8.15. The summed E-state index contributed by atoms with van der Waals surface area (Å²) in [6, 6.07) is 15.5. The van der Waals surface area contributed by atoms with E-state index in [0.29, 0.717) is 0 Å². The molecular weight excluding hydrogens is 302 g/mol. The lowest BCUT2D eigenvalue weighted by Crippen LogP contribution is -2.25. The lowest BCUT2D eigenvalue weighted by Gasteiger charge is -2.16. The van der Waals surface area contributed by atoms with Gasteiger partial charge < -0.3 is 20.1 Å². The number of aliphatic hydroxyl groups is 1. The topological polar surface area (TPSA) is 56.8 Å². The maximum atomic E-state index is 10.3. The average Bonchev–Trinajstić information content (AvgIpc) is 2.59. The van der Waals surface area contributed by atoms with Crippen molar-refractivity contribution in [2.24, 2.45) is 0 Å². The number of ether oxygens (including phenoxy) is 1. The first kappa shape index (κ1) is 18.3. The molecule has 1 atom stereocenters. The van der Waals surface area contributed by atoms with E-state index in [4.69, 9.17) is 4.74 Å². The minimum Gasteiger partial charge on any atom is -0.497 e. The molecule has 0 aliphatic carbocycles. The van der Waals surface area contributed by atoms with E-state index in [1.165, 1.54) is 0 Å². The van der Waals surface area contributed by atoms with Gasteiger partial charge in [-0.15, -0.1) is 0 Å². The number of hydrogen-bond acceptors (Lipinski definition) is 5. The van der Waals surface area contributed by atoms with E-state index < -0.39 is 6.23 Å². The van der Waals surface area contributed by atoms with Crippen molar-refractivity contribution >= 4 is 11.4 Å². The molecule has 0 heterocycles. The van der Waals surface area contributed by atoms with Crippen LogP contribution in [0.25, 0.3) is 0 Å². The van der Waals surface area contributed by atoms with E-state index in [1.807, 2.05) is 62.6 Å². The van der Waals surface area contributed by atoms with Gasteiger partial charge in [-0.25, -0.2) is 0 Å². The van der Waals surface area contributed by atoms with Crippen molar-refractivity contribution in [3.63, 3.8) is 0 Å². The van der Waals surface area contributed by atoms with Crippen LogP contribution in [0.4, 0.5) is 11.4 Å². The number of anilines is 2. The van der Waals surface area contributed by atoms with E-state index in [1.54, 1.807) is 7.11 Å². The van der Waals surface area contributed by atoms with Crippen LogP contribution in [0.15, 0.2) is 48.5 Å². The van der Waals surface area contributed by atoms with Crippen LogP contribution >= 0.6 is 0 Å². The van der Waals surface area contributed by atoms with Crippen molar-refractivity contribution in [1.29, 1.82) is 0 Å². The third-order valence-electron chi connectivity index (χ3n) is 3.70. The zero-order valence-electron chi connectivity index (χ0n) is 14.6. The van der Waals surface area contributed by atoms with Gasteiger partial charge in [-0.3, -0.25) is 5.32 Å². The molecule has 0 spiro atoms. The molecule has 0 saturated carbocycles. The molecule has 0 bridgehead atoms. The first-order chi connectivity index (χ1) is 11.6. The molecule has 5 nitrogen and oxygen atoms in total. The fraction of sp³-hybridized carbons (Fsp3) is 0.368. The molecule has 1 unspecified atom stereocenters. The lowest BCUT2D eigenvalue weighted by atomic mass is 10.1. The summed E-state index contributed by atoms with van der Waals surface area (Å²) in [7, 11) is 5.74. The van der Waals surface area contributed by atoms with Gasteiger partial charge in [0.15, 0.2) is 0 Å². The van der Waals surface area contributed by atoms with E-state index in [2.05, 4.69) is 15.5 Å². The molecule has 0 radical (unpaired) electrons. The zero-order chi connectivity index (χ0) is 17.4. The molecule has 2 aromatic rings. The van der Waals surface area contributed by atoms with Gasteiger partial charge in [0, 0.05) is 11.4 Å². The normalized spacial score (nSPS) is 12.2. The van der Waals surface area contributed by atoms with E-state index in [0.717, 1.165) is 42.2 Å². The third kappa shape index (κ3) is 5.85. The standard InChI is InChI=1S/C19H27N3O2/c1-22(2)13-5-12-20-19(23)15-6-4-7-17(14-15)21-16-8-10-18(24-3)11-9-16/h4,6-11,14,19-21,23H,5,12-13H2,1-3H3. The van der Waals surface area contributed by atoms with Gasteiger partial charge in [-0.2, -0.15) is 0 Å². The highest BCUT2D eigenvalue weighted by atomic mass is 16.5. The summed E-state index contributed by atoms with van der Waals surface area (Å²) in [6.45, 7) is 1.77. The van der Waals surface area contributed by atoms with Crippen LogP contribution in [0.2, 0.25) is 0 Å². The van der Waals surface area contributed by atoms with Crippen LogP contribution in [0, 0.1) is 0 Å². The SMILES string of the molecule is COc1ccc(Nc2cccc(C(O)NCCCN(C)C)c2)cc1. The van der Waals surface area contributed by atoms with Crippen molar-refractivity contribution in [3.05, 3.63) is 54.1 Å². The maximum Gasteiger partial charge on any atom is 0.131 e. The fourth-order valence-electron chi connectivity index (χ4n) is 2.38. The summed E-state index contributed by atoms with van der Waals surface area (Å²) >= 11 is 0. The molecule has 0 amide bonds. The van der Waals surface area contributed by atoms with Gasteiger partial charge in [0.2, 0.25) is 0 Å². The summed E-state index contributed by atoms with van der Waals surface area (Å²) < 4.78 is 5.16. The van der Waals surface area contributed by atoms with E-state index in [9.17, 15) is 5.11 Å². The van der Waals surface area contributed by atoms with Gasteiger partial charge >= 0.3 is 0 Å². The second-order valence-corrected chi connectivity index (χ2v) is 5.99. The second kappa shape index (κ2) is 9.27. The molecule has 3 N–H and O–H groups in total. The Morgan fingerprint density at radius 3 is 2.50 bits per heavy atom. The number of aliphatic hydroxyl groups excluding tert-OH is 1. The van der Waals surface area contributed by atoms with Crippen LogP contribution in [0.1, 0.15) is 18.2 Å². The Morgan fingerprint density at radius 2 is 1.83 bits per heavy atom. The zero-order valence-corrected chi connectivity index (χ0v) is 14.6. The van der Waals surface area contributed by atoms with Crippen LogP contribution in [0.5, 0.6) is 5.75 Å². The summed E-state index contributed by atoms with van der Waals surface area (Å²) in [5, 5.41) is 16.8. The Bertz CT molecular complexity index is 614. The summed E-state index contributed by atoms with van der Waals surface area (Å²) in [5.41, 5.74) is 2.76. The van der Waals surface area contributed by atoms with Crippen LogP contribution in [0.3, 0.4) is 0 Å². The molecule has 2 aromatic carbocycles. The van der Waals surface area contributed by atoms with Crippen molar-refractivity contribution < 1.29 is 9.84 Å². The molecule has 0 aliphatic rings.